The van der Waals surface area contributed by atoms with Crippen LogP contribution in [0.4, 0.5) is 0 Å². The minimum absolute atomic E-state index is 0.0492. The molecule has 152 valence electrons. The van der Waals surface area contributed by atoms with E-state index in [1.54, 1.807) is 6.92 Å². The summed E-state index contributed by atoms with van der Waals surface area (Å²) in [4.78, 5) is 40.0. The Morgan fingerprint density at radius 3 is 2.45 bits per heavy atom. The minimum Gasteiger partial charge on any atom is -0.480 e. The molecule has 2 fully saturated rings. The zero-order valence-corrected chi connectivity index (χ0v) is 16.9. The first-order valence-corrected chi connectivity index (χ1v) is 10.1. The van der Waals surface area contributed by atoms with E-state index in [9.17, 15) is 19.5 Å². The van der Waals surface area contributed by atoms with Gasteiger partial charge in [-0.3, -0.25) is 24.6 Å². The number of carboxylic acid groups (broad SMARTS) is 1. The van der Waals surface area contributed by atoms with Gasteiger partial charge in [-0.2, -0.15) is 0 Å². The first kappa shape index (κ1) is 19.6. The van der Waals surface area contributed by atoms with E-state index >= 15 is 0 Å². The molecule has 2 heterocycles. The van der Waals surface area contributed by atoms with Crippen LogP contribution in [0.3, 0.4) is 0 Å². The van der Waals surface area contributed by atoms with Gasteiger partial charge in [0.05, 0.1) is 11.8 Å². The summed E-state index contributed by atoms with van der Waals surface area (Å²) in [6.45, 7) is 5.87. The number of nitrogens with one attached hydrogen (secondary N) is 1. The van der Waals surface area contributed by atoms with Gasteiger partial charge in [-0.25, -0.2) is 0 Å². The summed E-state index contributed by atoms with van der Waals surface area (Å²) < 4.78 is 0. The van der Waals surface area contributed by atoms with E-state index < -0.39 is 29.4 Å². The van der Waals surface area contributed by atoms with E-state index in [1.807, 2.05) is 56.3 Å². The van der Waals surface area contributed by atoms with Crippen molar-refractivity contribution in [2.24, 2.45) is 17.8 Å². The monoisotopic (exact) mass is 394 g/mol. The average Bonchev–Trinajstić information content (AvgIpc) is 3.15. The van der Waals surface area contributed by atoms with Crippen molar-refractivity contribution in [3.63, 3.8) is 0 Å². The normalized spacial score (nSPS) is 29.1. The van der Waals surface area contributed by atoms with Gasteiger partial charge in [0.2, 0.25) is 11.8 Å². The topological polar surface area (TPSA) is 86.7 Å². The van der Waals surface area contributed by atoms with Gasteiger partial charge in [-0.05, 0) is 41.7 Å². The van der Waals surface area contributed by atoms with Gasteiger partial charge in [0, 0.05) is 12.6 Å². The molecule has 2 N–H and O–H groups in total. The average molecular weight is 394 g/mol. The van der Waals surface area contributed by atoms with E-state index in [0.717, 1.165) is 16.3 Å². The number of amides is 2. The molecular weight excluding hydrogens is 368 g/mol. The number of hydrogen-bond donors (Lipinski definition) is 2. The zero-order chi connectivity index (χ0) is 20.9. The van der Waals surface area contributed by atoms with Crippen molar-refractivity contribution in [3.8, 4) is 0 Å². The Kier molecular flexibility index (Phi) is 4.69. The number of imide groups is 1. The van der Waals surface area contributed by atoms with Gasteiger partial charge in [-0.1, -0.05) is 50.2 Å². The molecule has 6 heteroatoms. The molecule has 4 unspecified atom stereocenters. The second kappa shape index (κ2) is 6.95. The number of nitrogens with zero attached hydrogens (tertiary/aromatic N) is 1. The molecule has 2 amide bonds. The van der Waals surface area contributed by atoms with Crippen LogP contribution in [0.1, 0.15) is 38.8 Å². The summed E-state index contributed by atoms with van der Waals surface area (Å²) in [5.41, 5.74) is -0.615. The van der Waals surface area contributed by atoms with E-state index in [2.05, 4.69) is 5.32 Å². The Balaban J connectivity index is 1.86. The van der Waals surface area contributed by atoms with E-state index in [1.165, 1.54) is 4.90 Å². The molecule has 4 rings (SSSR count). The molecule has 6 nitrogen and oxygen atoms in total. The van der Waals surface area contributed by atoms with Crippen LogP contribution in [-0.2, 0) is 14.4 Å². The maximum Gasteiger partial charge on any atom is 0.324 e. The number of aliphatic carboxylic acids is 1. The van der Waals surface area contributed by atoms with Crippen LogP contribution in [0, 0.1) is 17.8 Å². The van der Waals surface area contributed by atoms with Crippen molar-refractivity contribution in [1.29, 1.82) is 0 Å². The molecule has 0 radical (unpaired) electrons. The number of carboxylic acids is 1. The summed E-state index contributed by atoms with van der Waals surface area (Å²) in [7, 11) is 0. The van der Waals surface area contributed by atoms with Crippen LogP contribution in [-0.4, -0.2) is 39.9 Å². The standard InChI is InChI=1S/C23H26N2O4/c1-4-25-20(26)17-18(21(25)27)23(22(28)29,12-13(2)3)24-19(17)16-10-9-14-7-5-6-8-15(14)11-16/h5-11,13,17-19,24H,4,12H2,1-3H3,(H,28,29). The van der Waals surface area contributed by atoms with Crippen LogP contribution >= 0.6 is 0 Å². The fourth-order valence-electron chi connectivity index (χ4n) is 5.18. The fourth-order valence-corrected chi connectivity index (χ4v) is 5.18. The molecule has 0 aromatic heterocycles. The zero-order valence-electron chi connectivity index (χ0n) is 16.9. The first-order valence-electron chi connectivity index (χ1n) is 10.1. The van der Waals surface area contributed by atoms with Crippen molar-refractivity contribution < 1.29 is 19.5 Å². The number of benzene rings is 2. The van der Waals surface area contributed by atoms with Gasteiger partial charge in [0.1, 0.15) is 5.54 Å². The second-order valence-electron chi connectivity index (χ2n) is 8.53. The van der Waals surface area contributed by atoms with Crippen molar-refractivity contribution in [3.05, 3.63) is 48.0 Å². The minimum atomic E-state index is -1.45. The Hall–Kier alpha value is -2.73. The van der Waals surface area contributed by atoms with E-state index in [0.29, 0.717) is 0 Å². The highest BCUT2D eigenvalue weighted by atomic mass is 16.4. The molecule has 4 atom stereocenters. The summed E-state index contributed by atoms with van der Waals surface area (Å²) in [5, 5.41) is 15.6. The number of fused-ring (bicyclic) bond motifs is 2. The number of likely N-dealkylation sites (tertiary alicyclic amines) is 1. The lowest BCUT2D eigenvalue weighted by Gasteiger charge is -2.32. The van der Waals surface area contributed by atoms with Gasteiger partial charge >= 0.3 is 5.97 Å². The predicted octanol–water partition coefficient (Wildman–Crippen LogP) is 2.97. The Bertz CT molecular complexity index is 1000. The number of carbonyl (C=O) groups is 3. The second-order valence-corrected chi connectivity index (χ2v) is 8.53. The van der Waals surface area contributed by atoms with Crippen LogP contribution in [0.2, 0.25) is 0 Å². The first-order chi connectivity index (χ1) is 13.8. The third-order valence-corrected chi connectivity index (χ3v) is 6.31. The molecule has 0 spiro atoms. The molecule has 0 aliphatic carbocycles. The highest BCUT2D eigenvalue weighted by molar-refractivity contribution is 6.09. The lowest BCUT2D eigenvalue weighted by molar-refractivity contribution is -0.152. The molecule has 2 saturated heterocycles. The Morgan fingerprint density at radius 2 is 1.83 bits per heavy atom. The molecule has 0 bridgehead atoms. The predicted molar refractivity (Wildman–Crippen MR) is 109 cm³/mol. The number of carbonyl (C=O) groups excluding carboxylic acids is 2. The van der Waals surface area contributed by atoms with E-state index in [-0.39, 0.29) is 30.7 Å². The summed E-state index contributed by atoms with van der Waals surface area (Å²) in [6, 6.07) is 13.3. The van der Waals surface area contributed by atoms with Crippen LogP contribution in [0.15, 0.2) is 42.5 Å². The van der Waals surface area contributed by atoms with Crippen LogP contribution in [0.25, 0.3) is 10.8 Å². The third kappa shape index (κ3) is 2.85. The van der Waals surface area contributed by atoms with Gasteiger partial charge in [-0.15, -0.1) is 0 Å². The number of hydrogen-bond acceptors (Lipinski definition) is 4. The van der Waals surface area contributed by atoms with Gasteiger partial charge in [0.15, 0.2) is 0 Å². The summed E-state index contributed by atoms with van der Waals surface area (Å²) in [6.07, 6.45) is 0.282. The number of rotatable bonds is 5. The molecule has 29 heavy (non-hydrogen) atoms. The molecule has 2 aromatic rings. The molecular formula is C23H26N2O4. The summed E-state index contributed by atoms with van der Waals surface area (Å²) in [5.74, 6) is -3.28. The van der Waals surface area contributed by atoms with Crippen molar-refractivity contribution in [1.82, 2.24) is 10.2 Å². The maximum atomic E-state index is 13.1. The van der Waals surface area contributed by atoms with Crippen molar-refractivity contribution in [2.75, 3.05) is 6.54 Å². The Labute approximate surface area is 169 Å². The highest BCUT2D eigenvalue weighted by Gasteiger charge is 2.68. The van der Waals surface area contributed by atoms with Crippen LogP contribution < -0.4 is 5.32 Å². The van der Waals surface area contributed by atoms with Crippen molar-refractivity contribution >= 4 is 28.6 Å². The SMILES string of the molecule is CCN1C(=O)C2C(c3ccc4ccccc4c3)NC(CC(C)C)(C(=O)O)C2C1=O. The molecule has 0 saturated carbocycles. The lowest BCUT2D eigenvalue weighted by Crippen LogP contribution is -2.56. The smallest absolute Gasteiger partial charge is 0.324 e. The lowest BCUT2D eigenvalue weighted by atomic mass is 9.75. The van der Waals surface area contributed by atoms with Crippen LogP contribution in [0.5, 0.6) is 0 Å². The largest absolute Gasteiger partial charge is 0.480 e. The molecule has 2 aliphatic heterocycles. The highest BCUT2D eigenvalue weighted by Crippen LogP contribution is 2.51. The van der Waals surface area contributed by atoms with Gasteiger partial charge in [0.25, 0.3) is 0 Å². The van der Waals surface area contributed by atoms with E-state index in [4.69, 9.17) is 0 Å². The van der Waals surface area contributed by atoms with Gasteiger partial charge < -0.3 is 5.11 Å². The quantitative estimate of drug-likeness (QED) is 0.762. The maximum absolute atomic E-state index is 13.1. The Morgan fingerprint density at radius 1 is 1.14 bits per heavy atom. The molecule has 2 aromatic carbocycles. The fraction of sp³-hybridized carbons (Fsp3) is 0.435. The molecule has 2 aliphatic rings. The van der Waals surface area contributed by atoms with Crippen molar-refractivity contribution in [2.45, 2.75) is 38.8 Å². The third-order valence-electron chi connectivity index (χ3n) is 6.31. The summed E-state index contributed by atoms with van der Waals surface area (Å²) >= 11 is 0.